The molecule has 1 N–H and O–H groups in total. The van der Waals surface area contributed by atoms with Gasteiger partial charge in [0.1, 0.15) is 5.82 Å². The second-order valence-electron chi connectivity index (χ2n) is 2.75. The Hall–Kier alpha value is -0.650. The van der Waals surface area contributed by atoms with Crippen LogP contribution in [0.5, 0.6) is 0 Å². The van der Waals surface area contributed by atoms with Gasteiger partial charge in [-0.25, -0.2) is 4.98 Å². The molecule has 0 saturated carbocycles. The highest BCUT2D eigenvalue weighted by Gasteiger charge is 2.03. The van der Waals surface area contributed by atoms with E-state index in [-0.39, 0.29) is 0 Å². The third-order valence-corrected chi connectivity index (χ3v) is 3.68. The Morgan fingerprint density at radius 1 is 1.50 bits per heavy atom. The summed E-state index contributed by atoms with van der Waals surface area (Å²) in [5, 5.41) is 8.77. The van der Waals surface area contributed by atoms with E-state index in [1.807, 2.05) is 17.7 Å². The van der Waals surface area contributed by atoms with Crippen molar-refractivity contribution in [2.45, 2.75) is 13.5 Å². The lowest BCUT2D eigenvalue weighted by molar-refractivity contribution is 1.11. The van der Waals surface area contributed by atoms with E-state index in [4.69, 9.17) is 11.6 Å². The number of anilines is 1. The fourth-order valence-electron chi connectivity index (χ4n) is 0.974. The Balaban J connectivity index is 1.98. The fourth-order valence-corrected chi connectivity index (χ4v) is 2.60. The average Bonchev–Trinajstić information content (AvgIpc) is 2.72. The Bertz CT molecular complexity index is 424. The molecule has 0 saturated heterocycles. The van der Waals surface area contributed by atoms with E-state index in [1.54, 1.807) is 11.3 Å². The lowest BCUT2D eigenvalue weighted by Crippen LogP contribution is -1.97. The Kier molecular flexibility index (Phi) is 3.00. The average molecular weight is 246 g/mol. The highest BCUT2D eigenvalue weighted by atomic mass is 35.5. The monoisotopic (exact) mass is 245 g/mol. The maximum atomic E-state index is 5.95. The van der Waals surface area contributed by atoms with Crippen LogP contribution in [0.3, 0.4) is 0 Å². The van der Waals surface area contributed by atoms with Gasteiger partial charge in [0, 0.05) is 29.0 Å². The Morgan fingerprint density at radius 3 is 2.93 bits per heavy atom. The number of rotatable bonds is 3. The summed E-state index contributed by atoms with van der Waals surface area (Å²) < 4.78 is 4.08. The molecule has 0 aliphatic carbocycles. The molecular formula is C8H8ClN3S2. The summed E-state index contributed by atoms with van der Waals surface area (Å²) in [6.45, 7) is 2.58. The summed E-state index contributed by atoms with van der Waals surface area (Å²) in [4.78, 5) is 4.20. The van der Waals surface area contributed by atoms with Crippen LogP contribution in [0.2, 0.25) is 5.02 Å². The van der Waals surface area contributed by atoms with Crippen molar-refractivity contribution in [2.24, 2.45) is 0 Å². The first-order chi connectivity index (χ1) is 6.75. The third kappa shape index (κ3) is 2.23. The van der Waals surface area contributed by atoms with E-state index in [0.717, 1.165) is 21.5 Å². The van der Waals surface area contributed by atoms with Crippen LogP contribution in [0.15, 0.2) is 10.8 Å². The van der Waals surface area contributed by atoms with Gasteiger partial charge in [-0.1, -0.05) is 11.6 Å². The summed E-state index contributed by atoms with van der Waals surface area (Å²) in [6, 6.07) is 0. The molecule has 2 rings (SSSR count). The minimum absolute atomic E-state index is 0.705. The fraction of sp³-hybridized carbons (Fsp3) is 0.250. The predicted octanol–water partition coefficient (Wildman–Crippen LogP) is 3.17. The molecule has 0 fully saturated rings. The number of aromatic nitrogens is 2. The van der Waals surface area contributed by atoms with Crippen molar-refractivity contribution in [3.63, 3.8) is 0 Å². The SMILES string of the molecule is Cc1nsc(NCc2cscc2Cl)n1. The minimum Gasteiger partial charge on any atom is -0.356 e. The zero-order valence-corrected chi connectivity index (χ0v) is 9.84. The number of nitrogens with zero attached hydrogens (tertiary/aromatic N) is 2. The second kappa shape index (κ2) is 4.25. The van der Waals surface area contributed by atoms with Gasteiger partial charge in [0.15, 0.2) is 0 Å². The minimum atomic E-state index is 0.705. The highest BCUT2D eigenvalue weighted by molar-refractivity contribution is 7.09. The van der Waals surface area contributed by atoms with Crippen molar-refractivity contribution in [1.29, 1.82) is 0 Å². The van der Waals surface area contributed by atoms with Crippen molar-refractivity contribution < 1.29 is 0 Å². The molecule has 0 spiro atoms. The number of nitrogens with one attached hydrogen (secondary N) is 1. The number of hydrogen-bond donors (Lipinski definition) is 1. The number of aryl methyl sites for hydroxylation is 1. The van der Waals surface area contributed by atoms with Gasteiger partial charge in [0.25, 0.3) is 0 Å². The molecule has 0 bridgehead atoms. The van der Waals surface area contributed by atoms with Gasteiger partial charge in [0.2, 0.25) is 5.13 Å². The van der Waals surface area contributed by atoms with Crippen molar-refractivity contribution in [2.75, 3.05) is 5.32 Å². The lowest BCUT2D eigenvalue weighted by atomic mass is 10.3. The number of thiophene rings is 1. The molecule has 0 radical (unpaired) electrons. The predicted molar refractivity (Wildman–Crippen MR) is 61.3 cm³/mol. The largest absolute Gasteiger partial charge is 0.356 e. The van der Waals surface area contributed by atoms with Crippen LogP contribution in [0.25, 0.3) is 0 Å². The smallest absolute Gasteiger partial charge is 0.202 e. The molecule has 2 heterocycles. The molecule has 0 atom stereocenters. The summed E-state index contributed by atoms with van der Waals surface area (Å²) in [5.41, 5.74) is 1.10. The third-order valence-electron chi connectivity index (χ3n) is 1.65. The lowest BCUT2D eigenvalue weighted by Gasteiger charge is -1.99. The summed E-state index contributed by atoms with van der Waals surface area (Å²) in [7, 11) is 0. The first kappa shape index (κ1) is 9.89. The van der Waals surface area contributed by atoms with E-state index in [9.17, 15) is 0 Å². The summed E-state index contributed by atoms with van der Waals surface area (Å²) in [5.74, 6) is 0.800. The second-order valence-corrected chi connectivity index (χ2v) is 4.65. The first-order valence-corrected chi connectivity index (χ1v) is 6.10. The standard InChI is InChI=1S/C8H8ClN3S2/c1-5-11-8(14-12-5)10-2-6-3-13-4-7(6)9/h3-4H,2H2,1H3,(H,10,11,12). The maximum Gasteiger partial charge on any atom is 0.202 e. The molecule has 0 aliphatic rings. The van der Waals surface area contributed by atoms with Crippen molar-refractivity contribution in [3.05, 3.63) is 27.2 Å². The molecule has 6 heteroatoms. The Morgan fingerprint density at radius 2 is 2.36 bits per heavy atom. The van der Waals surface area contributed by atoms with Gasteiger partial charge in [-0.3, -0.25) is 0 Å². The number of hydrogen-bond acceptors (Lipinski definition) is 5. The van der Waals surface area contributed by atoms with Crippen LogP contribution in [-0.4, -0.2) is 9.36 Å². The van der Waals surface area contributed by atoms with Gasteiger partial charge in [-0.2, -0.15) is 15.7 Å². The van der Waals surface area contributed by atoms with Gasteiger partial charge in [-0.15, -0.1) is 0 Å². The summed E-state index contributed by atoms with van der Waals surface area (Å²) >= 11 is 8.92. The quantitative estimate of drug-likeness (QED) is 0.903. The molecule has 0 aliphatic heterocycles. The van der Waals surface area contributed by atoms with Gasteiger partial charge in [0.05, 0.1) is 5.02 Å². The van der Waals surface area contributed by atoms with Crippen molar-refractivity contribution in [3.8, 4) is 0 Å². The van der Waals surface area contributed by atoms with E-state index < -0.39 is 0 Å². The molecular weight excluding hydrogens is 238 g/mol. The Labute approximate surface area is 94.9 Å². The molecule has 0 amide bonds. The van der Waals surface area contributed by atoms with Gasteiger partial charge >= 0.3 is 0 Å². The van der Waals surface area contributed by atoms with E-state index >= 15 is 0 Å². The molecule has 2 aromatic heterocycles. The number of halogens is 1. The van der Waals surface area contributed by atoms with Gasteiger partial charge < -0.3 is 5.32 Å². The van der Waals surface area contributed by atoms with Crippen LogP contribution in [-0.2, 0) is 6.54 Å². The molecule has 74 valence electrons. The van der Waals surface area contributed by atoms with E-state index in [2.05, 4.69) is 14.7 Å². The maximum absolute atomic E-state index is 5.95. The van der Waals surface area contributed by atoms with Crippen molar-refractivity contribution >= 4 is 39.6 Å². The normalized spacial score (nSPS) is 10.4. The van der Waals surface area contributed by atoms with E-state index in [0.29, 0.717) is 6.54 Å². The molecule has 0 aromatic carbocycles. The molecule has 0 unspecified atom stereocenters. The van der Waals surface area contributed by atoms with Gasteiger partial charge in [-0.05, 0) is 12.3 Å². The van der Waals surface area contributed by atoms with Crippen LogP contribution in [0, 0.1) is 6.92 Å². The van der Waals surface area contributed by atoms with Crippen LogP contribution in [0.1, 0.15) is 11.4 Å². The zero-order valence-electron chi connectivity index (χ0n) is 7.45. The highest BCUT2D eigenvalue weighted by Crippen LogP contribution is 2.22. The van der Waals surface area contributed by atoms with Crippen LogP contribution in [0.4, 0.5) is 5.13 Å². The molecule has 14 heavy (non-hydrogen) atoms. The zero-order chi connectivity index (χ0) is 9.97. The van der Waals surface area contributed by atoms with E-state index in [1.165, 1.54) is 11.5 Å². The van der Waals surface area contributed by atoms with Crippen LogP contribution >= 0.6 is 34.5 Å². The summed E-state index contributed by atoms with van der Waals surface area (Å²) in [6.07, 6.45) is 0. The van der Waals surface area contributed by atoms with Crippen LogP contribution < -0.4 is 5.32 Å². The van der Waals surface area contributed by atoms with Crippen molar-refractivity contribution in [1.82, 2.24) is 9.36 Å². The molecule has 3 nitrogen and oxygen atoms in total. The first-order valence-electron chi connectivity index (χ1n) is 4.00. The topological polar surface area (TPSA) is 37.8 Å². The molecule has 2 aromatic rings.